The van der Waals surface area contributed by atoms with Crippen molar-refractivity contribution < 1.29 is 9.59 Å². The zero-order valence-electron chi connectivity index (χ0n) is 18.2. The van der Waals surface area contributed by atoms with Gasteiger partial charge in [-0.05, 0) is 57.0 Å². The van der Waals surface area contributed by atoms with Crippen molar-refractivity contribution in [3.63, 3.8) is 0 Å². The summed E-state index contributed by atoms with van der Waals surface area (Å²) in [6.45, 7) is 6.18. The molecule has 162 valence electrons. The van der Waals surface area contributed by atoms with Crippen LogP contribution < -0.4 is 11.1 Å². The molecular weight excluding hydrogens is 392 g/mol. The van der Waals surface area contributed by atoms with Crippen molar-refractivity contribution in [1.29, 1.82) is 0 Å². The molecule has 1 aliphatic rings. The first-order valence-electron chi connectivity index (χ1n) is 10.5. The van der Waals surface area contributed by atoms with Gasteiger partial charge in [-0.15, -0.1) is 0 Å². The van der Waals surface area contributed by atoms with Crippen LogP contribution in [0.2, 0.25) is 0 Å². The number of aromatic nitrogens is 3. The van der Waals surface area contributed by atoms with Crippen LogP contribution in [-0.4, -0.2) is 44.6 Å². The number of anilines is 1. The Balaban J connectivity index is 1.47. The molecule has 4 rings (SSSR count). The number of aryl methyl sites for hydroxylation is 3. The number of benzene rings is 1. The molecule has 31 heavy (non-hydrogen) atoms. The minimum absolute atomic E-state index is 0.0658. The number of rotatable bonds is 5. The number of primary amides is 1. The second-order valence-corrected chi connectivity index (χ2v) is 8.35. The highest BCUT2D eigenvalue weighted by Crippen LogP contribution is 2.23. The summed E-state index contributed by atoms with van der Waals surface area (Å²) in [5.41, 5.74) is 10.2. The molecule has 3 heterocycles. The minimum Gasteiger partial charge on any atom is -0.369 e. The standard InChI is InChI=1S/C23H28N6O2/c1-14-11-19(20-15(2)27-28(3)22(20)25-14)23(31)26-18-8-6-16(7-9-18)12-29-10-4-5-17(13-29)21(24)30/h6-9,11,17H,4-5,10,12-13H2,1-3H3,(H2,24,30)(H,26,31). The van der Waals surface area contributed by atoms with Crippen LogP contribution in [0, 0.1) is 19.8 Å². The second kappa shape index (κ2) is 8.47. The highest BCUT2D eigenvalue weighted by molar-refractivity contribution is 6.12. The molecule has 1 unspecified atom stereocenters. The molecule has 1 fully saturated rings. The molecule has 1 aliphatic heterocycles. The van der Waals surface area contributed by atoms with Crippen molar-refractivity contribution in [1.82, 2.24) is 19.7 Å². The summed E-state index contributed by atoms with van der Waals surface area (Å²) in [4.78, 5) is 31.3. The summed E-state index contributed by atoms with van der Waals surface area (Å²) in [6, 6.07) is 9.62. The van der Waals surface area contributed by atoms with E-state index in [0.717, 1.165) is 54.0 Å². The van der Waals surface area contributed by atoms with Gasteiger partial charge in [0, 0.05) is 31.5 Å². The van der Waals surface area contributed by atoms with E-state index in [1.807, 2.05) is 45.2 Å². The average Bonchev–Trinajstić information content (AvgIpc) is 3.02. The quantitative estimate of drug-likeness (QED) is 0.660. The van der Waals surface area contributed by atoms with Crippen molar-refractivity contribution in [2.75, 3.05) is 18.4 Å². The van der Waals surface area contributed by atoms with Crippen LogP contribution in [0.3, 0.4) is 0 Å². The van der Waals surface area contributed by atoms with Crippen LogP contribution in [0.1, 0.15) is 40.2 Å². The summed E-state index contributed by atoms with van der Waals surface area (Å²) in [5, 5.41) is 8.17. The Morgan fingerprint density at radius 1 is 1.23 bits per heavy atom. The smallest absolute Gasteiger partial charge is 0.256 e. The van der Waals surface area contributed by atoms with Crippen molar-refractivity contribution in [2.45, 2.75) is 33.2 Å². The lowest BCUT2D eigenvalue weighted by molar-refractivity contribution is -0.123. The monoisotopic (exact) mass is 420 g/mol. The third kappa shape index (κ3) is 4.44. The van der Waals surface area contributed by atoms with Gasteiger partial charge in [-0.1, -0.05) is 12.1 Å². The molecule has 3 N–H and O–H groups in total. The summed E-state index contributed by atoms with van der Waals surface area (Å²) < 4.78 is 1.70. The number of amides is 2. The number of nitrogens with two attached hydrogens (primary N) is 1. The topological polar surface area (TPSA) is 106 Å². The third-order valence-corrected chi connectivity index (χ3v) is 5.87. The number of nitrogens with one attached hydrogen (secondary N) is 1. The van der Waals surface area contributed by atoms with E-state index in [-0.39, 0.29) is 17.7 Å². The maximum Gasteiger partial charge on any atom is 0.256 e. The first kappa shape index (κ1) is 21.0. The molecule has 1 aromatic carbocycles. The molecule has 3 aromatic rings. The largest absolute Gasteiger partial charge is 0.369 e. The van der Waals surface area contributed by atoms with Gasteiger partial charge in [-0.25, -0.2) is 4.98 Å². The van der Waals surface area contributed by atoms with E-state index < -0.39 is 0 Å². The fraction of sp³-hybridized carbons (Fsp3) is 0.391. The Morgan fingerprint density at radius 3 is 2.68 bits per heavy atom. The maximum atomic E-state index is 13.0. The van der Waals surface area contributed by atoms with E-state index in [2.05, 4.69) is 20.3 Å². The first-order chi connectivity index (χ1) is 14.8. The number of fused-ring (bicyclic) bond motifs is 1. The maximum absolute atomic E-state index is 13.0. The normalized spacial score (nSPS) is 17.1. The van der Waals surface area contributed by atoms with Crippen molar-refractivity contribution in [2.24, 2.45) is 18.7 Å². The minimum atomic E-state index is -0.216. The van der Waals surface area contributed by atoms with Crippen LogP contribution in [0.5, 0.6) is 0 Å². The Morgan fingerprint density at radius 2 is 1.97 bits per heavy atom. The Bertz CT molecular complexity index is 1140. The molecule has 0 spiro atoms. The number of pyridine rings is 1. The van der Waals surface area contributed by atoms with Gasteiger partial charge >= 0.3 is 0 Å². The number of carbonyl (C=O) groups is 2. The summed E-state index contributed by atoms with van der Waals surface area (Å²) >= 11 is 0. The number of piperidine rings is 1. The number of nitrogens with zero attached hydrogens (tertiary/aromatic N) is 4. The Labute approximate surface area is 181 Å². The third-order valence-electron chi connectivity index (χ3n) is 5.87. The number of hydrogen-bond donors (Lipinski definition) is 2. The van der Waals surface area contributed by atoms with E-state index in [9.17, 15) is 9.59 Å². The van der Waals surface area contributed by atoms with Crippen molar-refractivity contribution in [3.05, 3.63) is 52.8 Å². The molecule has 8 nitrogen and oxygen atoms in total. The summed E-state index contributed by atoms with van der Waals surface area (Å²) in [7, 11) is 1.83. The van der Waals surface area contributed by atoms with E-state index in [1.165, 1.54) is 0 Å². The predicted octanol–water partition coefficient (Wildman–Crippen LogP) is 2.53. The van der Waals surface area contributed by atoms with Gasteiger partial charge in [0.1, 0.15) is 0 Å². The number of likely N-dealkylation sites (tertiary alicyclic amines) is 1. The second-order valence-electron chi connectivity index (χ2n) is 8.35. The summed E-state index contributed by atoms with van der Waals surface area (Å²) in [5.74, 6) is -0.462. The lowest BCUT2D eigenvalue weighted by Crippen LogP contribution is -2.40. The van der Waals surface area contributed by atoms with Gasteiger partial charge in [0.15, 0.2) is 5.65 Å². The van der Waals surface area contributed by atoms with Crippen molar-refractivity contribution in [3.8, 4) is 0 Å². The van der Waals surface area contributed by atoms with Gasteiger partial charge in [-0.3, -0.25) is 19.2 Å². The molecule has 0 saturated carbocycles. The van der Waals surface area contributed by atoms with Gasteiger partial charge in [0.25, 0.3) is 5.91 Å². The summed E-state index contributed by atoms with van der Waals surface area (Å²) in [6.07, 6.45) is 1.85. The van der Waals surface area contributed by atoms with Gasteiger partial charge < -0.3 is 11.1 Å². The molecule has 0 aliphatic carbocycles. The first-order valence-corrected chi connectivity index (χ1v) is 10.5. The van der Waals surface area contributed by atoms with E-state index in [4.69, 9.17) is 5.73 Å². The molecule has 2 amide bonds. The molecule has 0 bridgehead atoms. The lowest BCUT2D eigenvalue weighted by atomic mass is 9.97. The van der Waals surface area contributed by atoms with E-state index in [0.29, 0.717) is 17.8 Å². The Kier molecular flexibility index (Phi) is 5.73. The predicted molar refractivity (Wildman–Crippen MR) is 120 cm³/mol. The van der Waals surface area contributed by atoms with E-state index in [1.54, 1.807) is 10.7 Å². The average molecular weight is 421 g/mol. The fourth-order valence-corrected chi connectivity index (χ4v) is 4.33. The zero-order valence-corrected chi connectivity index (χ0v) is 18.2. The van der Waals surface area contributed by atoms with Gasteiger partial charge in [0.05, 0.1) is 22.6 Å². The van der Waals surface area contributed by atoms with Gasteiger partial charge in [0.2, 0.25) is 5.91 Å². The fourth-order valence-electron chi connectivity index (χ4n) is 4.33. The van der Waals surface area contributed by atoms with Gasteiger partial charge in [-0.2, -0.15) is 5.10 Å². The molecule has 1 saturated heterocycles. The van der Waals surface area contributed by atoms with Crippen LogP contribution in [0.4, 0.5) is 5.69 Å². The number of hydrogen-bond acceptors (Lipinski definition) is 5. The molecule has 1 atom stereocenters. The SMILES string of the molecule is Cc1cc(C(=O)Nc2ccc(CN3CCCC(C(N)=O)C3)cc2)c2c(C)nn(C)c2n1. The zero-order chi connectivity index (χ0) is 22.1. The highest BCUT2D eigenvalue weighted by atomic mass is 16.2. The molecule has 8 heteroatoms. The molecular formula is C23H28N6O2. The lowest BCUT2D eigenvalue weighted by Gasteiger charge is -2.31. The van der Waals surface area contributed by atoms with Crippen LogP contribution in [0.25, 0.3) is 11.0 Å². The van der Waals surface area contributed by atoms with Crippen LogP contribution in [0.15, 0.2) is 30.3 Å². The van der Waals surface area contributed by atoms with Crippen LogP contribution in [-0.2, 0) is 18.4 Å². The Hall–Kier alpha value is -3.26. The van der Waals surface area contributed by atoms with Crippen LogP contribution >= 0.6 is 0 Å². The van der Waals surface area contributed by atoms with Crippen molar-refractivity contribution >= 4 is 28.5 Å². The highest BCUT2D eigenvalue weighted by Gasteiger charge is 2.24. The number of carbonyl (C=O) groups excluding carboxylic acids is 2. The molecule has 0 radical (unpaired) electrons. The van der Waals surface area contributed by atoms with E-state index >= 15 is 0 Å². The molecule has 2 aromatic heterocycles.